The molecule has 1 aromatic heterocycles. The van der Waals surface area contributed by atoms with Gasteiger partial charge in [-0.15, -0.1) is 0 Å². The van der Waals surface area contributed by atoms with E-state index in [1.165, 1.54) is 5.56 Å². The standard InChI is InChI=1S/C17H22N2O2/c1-3-13-6-8-14(9-7-13)16(18)15-5-4-10-19(17(15)20)11-12-21-2/h4-10,16H,3,11-12,18H2,1-2H3. The summed E-state index contributed by atoms with van der Waals surface area (Å²) in [5, 5.41) is 0. The maximum absolute atomic E-state index is 12.4. The van der Waals surface area contributed by atoms with Crippen molar-refractivity contribution < 1.29 is 4.74 Å². The molecule has 0 saturated heterocycles. The fourth-order valence-corrected chi connectivity index (χ4v) is 2.30. The van der Waals surface area contributed by atoms with Crippen molar-refractivity contribution in [1.82, 2.24) is 4.57 Å². The van der Waals surface area contributed by atoms with Gasteiger partial charge < -0.3 is 15.0 Å². The van der Waals surface area contributed by atoms with E-state index in [0.717, 1.165) is 12.0 Å². The predicted molar refractivity (Wildman–Crippen MR) is 84.4 cm³/mol. The zero-order chi connectivity index (χ0) is 15.2. The number of hydrogen-bond donors (Lipinski definition) is 1. The second kappa shape index (κ2) is 7.20. The normalized spacial score (nSPS) is 12.3. The lowest BCUT2D eigenvalue weighted by molar-refractivity contribution is 0.186. The van der Waals surface area contributed by atoms with Crippen LogP contribution in [0.3, 0.4) is 0 Å². The highest BCUT2D eigenvalue weighted by atomic mass is 16.5. The number of rotatable bonds is 6. The van der Waals surface area contributed by atoms with E-state index in [1.54, 1.807) is 23.9 Å². The molecule has 0 radical (unpaired) electrons. The summed E-state index contributed by atoms with van der Waals surface area (Å²) >= 11 is 0. The molecule has 0 aliphatic rings. The van der Waals surface area contributed by atoms with Gasteiger partial charge in [-0.05, 0) is 23.6 Å². The Morgan fingerprint density at radius 3 is 2.57 bits per heavy atom. The minimum Gasteiger partial charge on any atom is -0.383 e. The first-order chi connectivity index (χ1) is 10.2. The van der Waals surface area contributed by atoms with Gasteiger partial charge in [0.05, 0.1) is 12.6 Å². The lowest BCUT2D eigenvalue weighted by Crippen LogP contribution is -2.29. The Morgan fingerprint density at radius 1 is 1.24 bits per heavy atom. The van der Waals surface area contributed by atoms with Crippen molar-refractivity contribution in [2.45, 2.75) is 25.9 Å². The fourth-order valence-electron chi connectivity index (χ4n) is 2.30. The molecule has 1 unspecified atom stereocenters. The molecule has 0 aliphatic carbocycles. The molecule has 2 rings (SSSR count). The summed E-state index contributed by atoms with van der Waals surface area (Å²) in [7, 11) is 1.62. The van der Waals surface area contributed by atoms with Crippen LogP contribution in [0.25, 0.3) is 0 Å². The van der Waals surface area contributed by atoms with Gasteiger partial charge >= 0.3 is 0 Å². The third-order valence-corrected chi connectivity index (χ3v) is 3.67. The minimum atomic E-state index is -0.404. The highest BCUT2D eigenvalue weighted by molar-refractivity contribution is 5.32. The molecule has 0 aliphatic heterocycles. The maximum atomic E-state index is 12.4. The van der Waals surface area contributed by atoms with Gasteiger partial charge in [-0.25, -0.2) is 0 Å². The van der Waals surface area contributed by atoms with E-state index >= 15 is 0 Å². The number of aryl methyl sites for hydroxylation is 1. The Balaban J connectivity index is 2.29. The zero-order valence-corrected chi connectivity index (χ0v) is 12.6. The summed E-state index contributed by atoms with van der Waals surface area (Å²) < 4.78 is 6.66. The summed E-state index contributed by atoms with van der Waals surface area (Å²) in [6.45, 7) is 3.15. The molecule has 0 spiro atoms. The first kappa shape index (κ1) is 15.5. The second-order valence-corrected chi connectivity index (χ2v) is 5.03. The summed E-state index contributed by atoms with van der Waals surface area (Å²) in [6.07, 6.45) is 2.75. The first-order valence-corrected chi connectivity index (χ1v) is 7.20. The van der Waals surface area contributed by atoms with Crippen LogP contribution in [0.15, 0.2) is 47.4 Å². The quantitative estimate of drug-likeness (QED) is 0.885. The van der Waals surface area contributed by atoms with Crippen molar-refractivity contribution in [1.29, 1.82) is 0 Å². The second-order valence-electron chi connectivity index (χ2n) is 5.03. The van der Waals surface area contributed by atoms with Crippen LogP contribution in [0.4, 0.5) is 0 Å². The van der Waals surface area contributed by atoms with E-state index in [4.69, 9.17) is 10.5 Å². The number of nitrogens with two attached hydrogens (primary N) is 1. The maximum Gasteiger partial charge on any atom is 0.255 e. The molecule has 2 aromatic rings. The minimum absolute atomic E-state index is 0.0541. The van der Waals surface area contributed by atoms with Gasteiger partial charge in [0.1, 0.15) is 0 Å². The van der Waals surface area contributed by atoms with Gasteiger partial charge in [0, 0.05) is 25.4 Å². The number of aromatic nitrogens is 1. The molecule has 1 atom stereocenters. The number of pyridine rings is 1. The van der Waals surface area contributed by atoms with E-state index < -0.39 is 6.04 Å². The van der Waals surface area contributed by atoms with Crippen molar-refractivity contribution in [2.24, 2.45) is 5.73 Å². The van der Waals surface area contributed by atoms with Gasteiger partial charge in [0.15, 0.2) is 0 Å². The number of benzene rings is 1. The molecule has 1 heterocycles. The van der Waals surface area contributed by atoms with Gasteiger partial charge in [-0.1, -0.05) is 37.3 Å². The Morgan fingerprint density at radius 2 is 1.95 bits per heavy atom. The van der Waals surface area contributed by atoms with Gasteiger partial charge in [-0.2, -0.15) is 0 Å². The number of methoxy groups -OCH3 is 1. The van der Waals surface area contributed by atoms with E-state index in [1.807, 2.05) is 18.2 Å². The average molecular weight is 286 g/mol. The molecule has 1 aromatic carbocycles. The molecule has 0 fully saturated rings. The summed E-state index contributed by atoms with van der Waals surface area (Å²) in [6, 6.07) is 11.4. The van der Waals surface area contributed by atoms with Crippen molar-refractivity contribution in [2.75, 3.05) is 13.7 Å². The van der Waals surface area contributed by atoms with Crippen LogP contribution in [-0.4, -0.2) is 18.3 Å². The Labute approximate surface area is 125 Å². The number of ether oxygens (including phenoxy) is 1. The van der Waals surface area contributed by atoms with Gasteiger partial charge in [-0.3, -0.25) is 4.79 Å². The van der Waals surface area contributed by atoms with E-state index in [2.05, 4.69) is 19.1 Å². The van der Waals surface area contributed by atoms with Crippen LogP contribution >= 0.6 is 0 Å². The lowest BCUT2D eigenvalue weighted by Gasteiger charge is -2.14. The highest BCUT2D eigenvalue weighted by Crippen LogP contribution is 2.17. The van der Waals surface area contributed by atoms with Crippen molar-refractivity contribution in [3.05, 3.63) is 69.6 Å². The van der Waals surface area contributed by atoms with E-state index in [-0.39, 0.29) is 5.56 Å². The van der Waals surface area contributed by atoms with Crippen molar-refractivity contribution >= 4 is 0 Å². The van der Waals surface area contributed by atoms with Gasteiger partial charge in [0.2, 0.25) is 0 Å². The van der Waals surface area contributed by atoms with Crippen LogP contribution in [-0.2, 0) is 17.7 Å². The monoisotopic (exact) mass is 286 g/mol. The largest absolute Gasteiger partial charge is 0.383 e. The van der Waals surface area contributed by atoms with E-state index in [0.29, 0.717) is 18.7 Å². The third-order valence-electron chi connectivity index (χ3n) is 3.67. The van der Waals surface area contributed by atoms with Crippen LogP contribution in [0.1, 0.15) is 29.7 Å². The molecule has 0 bridgehead atoms. The molecule has 0 amide bonds. The Hall–Kier alpha value is -1.91. The fraction of sp³-hybridized carbons (Fsp3) is 0.353. The topological polar surface area (TPSA) is 57.2 Å². The van der Waals surface area contributed by atoms with Crippen molar-refractivity contribution in [3.63, 3.8) is 0 Å². The summed E-state index contributed by atoms with van der Waals surface area (Å²) in [5.41, 5.74) is 9.03. The molecule has 0 saturated carbocycles. The average Bonchev–Trinajstić information content (AvgIpc) is 2.53. The Bertz CT molecular complexity index is 632. The number of nitrogens with zero attached hydrogens (tertiary/aromatic N) is 1. The van der Waals surface area contributed by atoms with Gasteiger partial charge in [0.25, 0.3) is 5.56 Å². The van der Waals surface area contributed by atoms with Crippen LogP contribution in [0.5, 0.6) is 0 Å². The molecule has 2 N–H and O–H groups in total. The molecule has 4 nitrogen and oxygen atoms in total. The first-order valence-electron chi connectivity index (χ1n) is 7.20. The summed E-state index contributed by atoms with van der Waals surface area (Å²) in [5.74, 6) is 0. The zero-order valence-electron chi connectivity index (χ0n) is 12.6. The van der Waals surface area contributed by atoms with Crippen LogP contribution in [0.2, 0.25) is 0 Å². The molecule has 112 valence electrons. The SMILES string of the molecule is CCc1ccc(C(N)c2cccn(CCOC)c2=O)cc1. The molecular formula is C17H22N2O2. The van der Waals surface area contributed by atoms with Crippen molar-refractivity contribution in [3.8, 4) is 0 Å². The molecule has 4 heteroatoms. The number of hydrogen-bond acceptors (Lipinski definition) is 3. The van der Waals surface area contributed by atoms with Crippen LogP contribution < -0.4 is 11.3 Å². The smallest absolute Gasteiger partial charge is 0.255 e. The predicted octanol–water partition coefficient (Wildman–Crippen LogP) is 2.11. The van der Waals surface area contributed by atoms with E-state index in [9.17, 15) is 4.79 Å². The molecule has 21 heavy (non-hydrogen) atoms. The summed E-state index contributed by atoms with van der Waals surface area (Å²) in [4.78, 5) is 12.4. The lowest BCUT2D eigenvalue weighted by atomic mass is 9.99. The highest BCUT2D eigenvalue weighted by Gasteiger charge is 2.13. The Kier molecular flexibility index (Phi) is 5.31. The van der Waals surface area contributed by atoms with Crippen LogP contribution in [0, 0.1) is 0 Å². The molecular weight excluding hydrogens is 264 g/mol. The third kappa shape index (κ3) is 3.60.